The summed E-state index contributed by atoms with van der Waals surface area (Å²) < 4.78 is 14.7. The molecule has 7 heteroatoms. The van der Waals surface area contributed by atoms with Crippen LogP contribution in [0.2, 0.25) is 5.02 Å². The largest absolute Gasteiger partial charge is 0.324 e. The second kappa shape index (κ2) is 6.91. The molecule has 1 N–H and O–H groups in total. The van der Waals surface area contributed by atoms with Crippen molar-refractivity contribution >= 4 is 50.7 Å². The Morgan fingerprint density at radius 3 is 2.75 bits per heavy atom. The lowest BCUT2D eigenvalue weighted by molar-refractivity contribution is -0.122. The number of carbonyl (C=O) groups excluding carboxylic acids is 2. The van der Waals surface area contributed by atoms with Gasteiger partial charge >= 0.3 is 0 Å². The molecule has 0 saturated carbocycles. The summed E-state index contributed by atoms with van der Waals surface area (Å²) >= 11 is 9.38. The topological polar surface area (TPSA) is 49.4 Å². The molecule has 0 spiro atoms. The summed E-state index contributed by atoms with van der Waals surface area (Å²) in [6, 6.07) is 11.1. The van der Waals surface area contributed by atoms with Crippen LogP contribution in [0.4, 0.5) is 15.8 Å². The molecular formula is C17H13BrClFN2O2. The first-order valence-corrected chi connectivity index (χ1v) is 8.43. The van der Waals surface area contributed by atoms with Gasteiger partial charge < -0.3 is 10.2 Å². The van der Waals surface area contributed by atoms with Crippen molar-refractivity contribution in [2.45, 2.75) is 6.42 Å². The second-order valence-corrected chi connectivity index (χ2v) is 6.79. The Hall–Kier alpha value is -1.92. The Kier molecular flexibility index (Phi) is 4.87. The third-order valence-electron chi connectivity index (χ3n) is 3.83. The van der Waals surface area contributed by atoms with Crippen molar-refractivity contribution in [3.8, 4) is 0 Å². The molecule has 2 amide bonds. The van der Waals surface area contributed by atoms with Crippen molar-refractivity contribution in [2.75, 3.05) is 16.8 Å². The molecule has 0 bridgehead atoms. The zero-order chi connectivity index (χ0) is 17.3. The lowest BCUT2D eigenvalue weighted by atomic mass is 10.1. The van der Waals surface area contributed by atoms with E-state index in [2.05, 4.69) is 21.2 Å². The highest BCUT2D eigenvalue weighted by Gasteiger charge is 2.36. The summed E-state index contributed by atoms with van der Waals surface area (Å²) in [4.78, 5) is 25.9. The molecule has 0 aliphatic carbocycles. The minimum absolute atomic E-state index is 0.0360. The van der Waals surface area contributed by atoms with E-state index in [0.29, 0.717) is 10.7 Å². The first kappa shape index (κ1) is 16.9. The summed E-state index contributed by atoms with van der Waals surface area (Å²) in [6.07, 6.45) is 0.0360. The fourth-order valence-corrected chi connectivity index (χ4v) is 3.33. The molecule has 1 aliphatic rings. The van der Waals surface area contributed by atoms with Crippen LogP contribution in [0.25, 0.3) is 0 Å². The molecule has 24 heavy (non-hydrogen) atoms. The van der Waals surface area contributed by atoms with Crippen molar-refractivity contribution in [2.24, 2.45) is 5.92 Å². The van der Waals surface area contributed by atoms with E-state index in [-0.39, 0.29) is 30.5 Å². The van der Waals surface area contributed by atoms with E-state index in [1.807, 2.05) is 0 Å². The molecule has 124 valence electrons. The van der Waals surface area contributed by atoms with Gasteiger partial charge in [-0.1, -0.05) is 39.7 Å². The Balaban J connectivity index is 1.73. The SMILES string of the molecule is O=C(Nc1ccc(Br)cc1Cl)C1CC(=O)N(c2ccccc2F)C1. The minimum atomic E-state index is -0.559. The van der Waals surface area contributed by atoms with Gasteiger partial charge in [0.25, 0.3) is 0 Å². The van der Waals surface area contributed by atoms with Gasteiger partial charge in [-0.15, -0.1) is 0 Å². The van der Waals surface area contributed by atoms with Crippen LogP contribution in [-0.4, -0.2) is 18.4 Å². The molecule has 1 fully saturated rings. The Morgan fingerprint density at radius 1 is 1.29 bits per heavy atom. The van der Waals surface area contributed by atoms with Gasteiger partial charge in [0, 0.05) is 17.4 Å². The molecule has 3 rings (SSSR count). The van der Waals surface area contributed by atoms with E-state index in [9.17, 15) is 14.0 Å². The fourth-order valence-electron chi connectivity index (χ4n) is 2.61. The minimum Gasteiger partial charge on any atom is -0.324 e. The maximum atomic E-state index is 13.9. The molecule has 2 aromatic rings. The van der Waals surface area contributed by atoms with Crippen LogP contribution in [0.3, 0.4) is 0 Å². The molecule has 2 aromatic carbocycles. The Labute approximate surface area is 151 Å². The highest BCUT2D eigenvalue weighted by Crippen LogP contribution is 2.30. The number of para-hydroxylation sites is 1. The lowest BCUT2D eigenvalue weighted by Gasteiger charge is -2.17. The van der Waals surface area contributed by atoms with Crippen LogP contribution in [0, 0.1) is 11.7 Å². The number of rotatable bonds is 3. The number of nitrogens with one attached hydrogen (secondary N) is 1. The molecular weight excluding hydrogens is 399 g/mol. The van der Waals surface area contributed by atoms with Crippen molar-refractivity contribution in [3.63, 3.8) is 0 Å². The van der Waals surface area contributed by atoms with Gasteiger partial charge in [0.1, 0.15) is 5.82 Å². The molecule has 0 aromatic heterocycles. The number of nitrogens with zero attached hydrogens (tertiary/aromatic N) is 1. The van der Waals surface area contributed by atoms with E-state index in [1.54, 1.807) is 30.3 Å². The van der Waals surface area contributed by atoms with Gasteiger partial charge in [-0.2, -0.15) is 0 Å². The number of benzene rings is 2. The quantitative estimate of drug-likeness (QED) is 0.821. The number of hydrogen-bond donors (Lipinski definition) is 1. The van der Waals surface area contributed by atoms with Crippen LogP contribution >= 0.6 is 27.5 Å². The zero-order valence-electron chi connectivity index (χ0n) is 12.4. The third kappa shape index (κ3) is 3.44. The van der Waals surface area contributed by atoms with Gasteiger partial charge in [0.05, 0.1) is 22.3 Å². The predicted molar refractivity (Wildman–Crippen MR) is 94.6 cm³/mol. The normalized spacial score (nSPS) is 17.2. The summed E-state index contributed by atoms with van der Waals surface area (Å²) in [5.74, 6) is -1.63. The average Bonchev–Trinajstić information content (AvgIpc) is 2.92. The number of carbonyl (C=O) groups is 2. The molecule has 1 saturated heterocycles. The maximum Gasteiger partial charge on any atom is 0.229 e. The van der Waals surface area contributed by atoms with Gasteiger partial charge in [0.15, 0.2) is 0 Å². The van der Waals surface area contributed by atoms with E-state index in [4.69, 9.17) is 11.6 Å². The van der Waals surface area contributed by atoms with Crippen molar-refractivity contribution in [1.82, 2.24) is 0 Å². The van der Waals surface area contributed by atoms with Crippen LogP contribution < -0.4 is 10.2 Å². The summed E-state index contributed by atoms with van der Waals surface area (Å²) in [5, 5.41) is 3.12. The fraction of sp³-hybridized carbons (Fsp3) is 0.176. The second-order valence-electron chi connectivity index (χ2n) is 5.47. The number of halogens is 3. The van der Waals surface area contributed by atoms with E-state index in [1.165, 1.54) is 17.0 Å². The van der Waals surface area contributed by atoms with Gasteiger partial charge in [0.2, 0.25) is 11.8 Å². The van der Waals surface area contributed by atoms with Gasteiger partial charge in [-0.3, -0.25) is 9.59 Å². The first-order chi connectivity index (χ1) is 11.5. The number of anilines is 2. The van der Waals surface area contributed by atoms with Crippen LogP contribution in [-0.2, 0) is 9.59 Å². The molecule has 1 heterocycles. The molecule has 1 unspecified atom stereocenters. The smallest absolute Gasteiger partial charge is 0.229 e. The number of hydrogen-bond acceptors (Lipinski definition) is 2. The lowest BCUT2D eigenvalue weighted by Crippen LogP contribution is -2.28. The van der Waals surface area contributed by atoms with E-state index >= 15 is 0 Å². The standard InChI is InChI=1S/C17H13BrClFN2O2/c18-11-5-6-14(12(19)8-11)21-17(24)10-7-16(23)22(9-10)15-4-2-1-3-13(15)20/h1-6,8,10H,7,9H2,(H,21,24). The molecule has 4 nitrogen and oxygen atoms in total. The third-order valence-corrected chi connectivity index (χ3v) is 4.63. The maximum absolute atomic E-state index is 13.9. The van der Waals surface area contributed by atoms with Crippen LogP contribution in [0.1, 0.15) is 6.42 Å². The molecule has 1 atom stereocenters. The molecule has 0 radical (unpaired) electrons. The van der Waals surface area contributed by atoms with Gasteiger partial charge in [-0.25, -0.2) is 4.39 Å². The number of amides is 2. The highest BCUT2D eigenvalue weighted by molar-refractivity contribution is 9.10. The molecule has 1 aliphatic heterocycles. The van der Waals surface area contributed by atoms with E-state index < -0.39 is 11.7 Å². The van der Waals surface area contributed by atoms with Crippen LogP contribution in [0.5, 0.6) is 0 Å². The summed E-state index contributed by atoms with van der Waals surface area (Å²) in [7, 11) is 0. The van der Waals surface area contributed by atoms with Crippen LogP contribution in [0.15, 0.2) is 46.9 Å². The first-order valence-electron chi connectivity index (χ1n) is 7.26. The monoisotopic (exact) mass is 410 g/mol. The average molecular weight is 412 g/mol. The van der Waals surface area contributed by atoms with Gasteiger partial charge in [-0.05, 0) is 30.3 Å². The predicted octanol–water partition coefficient (Wildman–Crippen LogP) is 4.23. The highest BCUT2D eigenvalue weighted by atomic mass is 79.9. The van der Waals surface area contributed by atoms with E-state index in [0.717, 1.165) is 4.47 Å². The summed E-state index contributed by atoms with van der Waals surface area (Å²) in [6.45, 7) is 0.139. The Morgan fingerprint density at radius 2 is 2.04 bits per heavy atom. The zero-order valence-corrected chi connectivity index (χ0v) is 14.8. The Bertz CT molecular complexity index is 815. The van der Waals surface area contributed by atoms with Crippen molar-refractivity contribution in [1.29, 1.82) is 0 Å². The van der Waals surface area contributed by atoms with Crippen molar-refractivity contribution < 1.29 is 14.0 Å². The van der Waals surface area contributed by atoms with Crippen molar-refractivity contribution in [3.05, 3.63) is 57.8 Å². The summed E-state index contributed by atoms with van der Waals surface area (Å²) in [5.41, 5.74) is 0.668.